The smallest absolute Gasteiger partial charge is 0.337 e. The van der Waals surface area contributed by atoms with Gasteiger partial charge >= 0.3 is 5.97 Å². The van der Waals surface area contributed by atoms with Gasteiger partial charge in [0, 0.05) is 5.69 Å². The van der Waals surface area contributed by atoms with Crippen LogP contribution in [0.5, 0.6) is 0 Å². The summed E-state index contributed by atoms with van der Waals surface area (Å²) in [6, 6.07) is 16.0. The van der Waals surface area contributed by atoms with Crippen LogP contribution in [0.25, 0.3) is 0 Å². The summed E-state index contributed by atoms with van der Waals surface area (Å²) >= 11 is 0. The summed E-state index contributed by atoms with van der Waals surface area (Å²) in [6.45, 7) is -0.258. The number of hydrogen-bond donors (Lipinski definition) is 2. The lowest BCUT2D eigenvalue weighted by Gasteiger charge is -2.29. The highest BCUT2D eigenvalue weighted by Crippen LogP contribution is 2.26. The lowest BCUT2D eigenvalue weighted by Crippen LogP contribution is -2.37. The lowest BCUT2D eigenvalue weighted by atomic mass is 9.91. The summed E-state index contributed by atoms with van der Waals surface area (Å²) < 4.78 is 4.66. The summed E-state index contributed by atoms with van der Waals surface area (Å²) in [4.78, 5) is 11.4. The van der Waals surface area contributed by atoms with Crippen molar-refractivity contribution in [3.8, 4) is 12.3 Å². The van der Waals surface area contributed by atoms with E-state index in [1.54, 1.807) is 24.3 Å². The quantitative estimate of drug-likeness (QED) is 0.657. The van der Waals surface area contributed by atoms with Crippen LogP contribution >= 0.6 is 0 Å². The van der Waals surface area contributed by atoms with Crippen molar-refractivity contribution in [2.75, 3.05) is 19.0 Å². The maximum absolute atomic E-state index is 11.4. The predicted octanol–water partition coefficient (Wildman–Crippen LogP) is 2.41. The first-order chi connectivity index (χ1) is 10.6. The minimum absolute atomic E-state index is 0.258. The first-order valence-electron chi connectivity index (χ1n) is 6.76. The number of esters is 1. The molecule has 2 aromatic carbocycles. The number of terminal acetylenes is 1. The molecule has 22 heavy (non-hydrogen) atoms. The molecule has 2 N–H and O–H groups in total. The van der Waals surface area contributed by atoms with Gasteiger partial charge in [-0.3, -0.25) is 0 Å². The number of benzene rings is 2. The normalized spacial score (nSPS) is 12.8. The van der Waals surface area contributed by atoms with Gasteiger partial charge in [-0.05, 0) is 29.8 Å². The van der Waals surface area contributed by atoms with Crippen molar-refractivity contribution >= 4 is 11.7 Å². The number of hydrogen-bond acceptors (Lipinski definition) is 4. The van der Waals surface area contributed by atoms with E-state index >= 15 is 0 Å². The SMILES string of the molecule is C#C[C@@](CO)(Nc1ccc(C(=O)OC)cc1)c1ccccc1. The van der Waals surface area contributed by atoms with Gasteiger partial charge in [0.2, 0.25) is 0 Å². The second-order valence-corrected chi connectivity index (χ2v) is 4.77. The summed E-state index contributed by atoms with van der Waals surface area (Å²) in [5.41, 5.74) is 0.914. The highest BCUT2D eigenvalue weighted by atomic mass is 16.5. The molecule has 2 aromatic rings. The molecule has 0 aliphatic carbocycles. The molecule has 0 aromatic heterocycles. The number of nitrogens with one attached hydrogen (secondary N) is 1. The van der Waals surface area contributed by atoms with Crippen molar-refractivity contribution < 1.29 is 14.6 Å². The van der Waals surface area contributed by atoms with Crippen molar-refractivity contribution in [2.45, 2.75) is 5.54 Å². The average Bonchev–Trinajstić information content (AvgIpc) is 2.60. The third-order valence-electron chi connectivity index (χ3n) is 3.41. The van der Waals surface area contributed by atoms with E-state index in [1.165, 1.54) is 7.11 Å². The molecule has 1 atom stereocenters. The zero-order chi connectivity index (χ0) is 16.0. The van der Waals surface area contributed by atoms with Crippen LogP contribution in [0.4, 0.5) is 5.69 Å². The summed E-state index contributed by atoms with van der Waals surface area (Å²) in [5.74, 6) is 2.22. The molecule has 0 amide bonds. The fourth-order valence-electron chi connectivity index (χ4n) is 2.14. The highest BCUT2D eigenvalue weighted by molar-refractivity contribution is 5.89. The van der Waals surface area contributed by atoms with E-state index in [4.69, 9.17) is 6.42 Å². The van der Waals surface area contributed by atoms with Crippen LogP contribution in [-0.2, 0) is 10.3 Å². The van der Waals surface area contributed by atoms with Gasteiger partial charge in [-0.1, -0.05) is 36.3 Å². The van der Waals surface area contributed by atoms with E-state index in [1.807, 2.05) is 30.3 Å². The highest BCUT2D eigenvalue weighted by Gasteiger charge is 2.29. The first-order valence-corrected chi connectivity index (χ1v) is 6.76. The van der Waals surface area contributed by atoms with Crippen LogP contribution in [0, 0.1) is 12.3 Å². The molecule has 0 heterocycles. The molecular formula is C18H17NO3. The summed E-state index contributed by atoms with van der Waals surface area (Å²) in [5, 5.41) is 12.9. The molecule has 2 rings (SSSR count). The third-order valence-corrected chi connectivity index (χ3v) is 3.41. The molecule has 0 saturated carbocycles. The maximum Gasteiger partial charge on any atom is 0.337 e. The Hall–Kier alpha value is -2.77. The van der Waals surface area contributed by atoms with Crippen LogP contribution in [0.15, 0.2) is 54.6 Å². The monoisotopic (exact) mass is 295 g/mol. The average molecular weight is 295 g/mol. The molecule has 0 radical (unpaired) electrons. The van der Waals surface area contributed by atoms with Crippen LogP contribution in [-0.4, -0.2) is 24.8 Å². The number of carbonyl (C=O) groups excluding carboxylic acids is 1. The Bertz CT molecular complexity index is 674. The van der Waals surface area contributed by atoms with Gasteiger partial charge < -0.3 is 15.2 Å². The molecular weight excluding hydrogens is 278 g/mol. The molecule has 0 unspecified atom stereocenters. The van der Waals surface area contributed by atoms with E-state index in [0.29, 0.717) is 11.3 Å². The molecule has 0 fully saturated rings. The van der Waals surface area contributed by atoms with E-state index in [-0.39, 0.29) is 6.61 Å². The zero-order valence-corrected chi connectivity index (χ0v) is 12.2. The minimum Gasteiger partial charge on any atom is -0.465 e. The van der Waals surface area contributed by atoms with E-state index in [9.17, 15) is 9.90 Å². The summed E-state index contributed by atoms with van der Waals surface area (Å²) in [7, 11) is 1.33. The minimum atomic E-state index is -1.02. The van der Waals surface area contributed by atoms with E-state index < -0.39 is 11.5 Å². The number of carbonyl (C=O) groups is 1. The van der Waals surface area contributed by atoms with Gasteiger partial charge in [-0.2, -0.15) is 0 Å². The number of methoxy groups -OCH3 is 1. The van der Waals surface area contributed by atoms with E-state index in [2.05, 4.69) is 16.0 Å². The summed E-state index contributed by atoms with van der Waals surface area (Å²) in [6.07, 6.45) is 5.65. The molecule has 0 saturated heterocycles. The molecule has 0 aliphatic rings. The van der Waals surface area contributed by atoms with Crippen LogP contribution < -0.4 is 5.32 Å². The second-order valence-electron chi connectivity index (χ2n) is 4.77. The van der Waals surface area contributed by atoms with Crippen LogP contribution in [0.2, 0.25) is 0 Å². The van der Waals surface area contributed by atoms with Crippen molar-refractivity contribution in [1.82, 2.24) is 0 Å². The van der Waals surface area contributed by atoms with Crippen LogP contribution in [0.3, 0.4) is 0 Å². The topological polar surface area (TPSA) is 58.6 Å². The molecule has 4 nitrogen and oxygen atoms in total. The zero-order valence-electron chi connectivity index (χ0n) is 12.2. The molecule has 0 spiro atoms. The molecule has 4 heteroatoms. The number of aliphatic hydroxyl groups excluding tert-OH is 1. The van der Waals surface area contributed by atoms with Crippen molar-refractivity contribution in [3.05, 3.63) is 65.7 Å². The first kappa shape index (κ1) is 15.6. The Labute approximate surface area is 129 Å². The molecule has 0 aliphatic heterocycles. The van der Waals surface area contributed by atoms with Gasteiger partial charge in [0.1, 0.15) is 5.54 Å². The maximum atomic E-state index is 11.4. The Kier molecular flexibility index (Phi) is 4.82. The molecule has 112 valence electrons. The van der Waals surface area contributed by atoms with Crippen molar-refractivity contribution in [3.63, 3.8) is 0 Å². The largest absolute Gasteiger partial charge is 0.465 e. The standard InChI is InChI=1S/C18H17NO3/c1-3-18(13-20,15-7-5-4-6-8-15)19-16-11-9-14(10-12-16)17(21)22-2/h1,4-12,19-20H,13H2,2H3/t18-/m0/s1. The van der Waals surface area contributed by atoms with Crippen molar-refractivity contribution in [1.29, 1.82) is 0 Å². The number of anilines is 1. The lowest BCUT2D eigenvalue weighted by molar-refractivity contribution is 0.0601. The van der Waals surface area contributed by atoms with E-state index in [0.717, 1.165) is 5.56 Å². The Morgan fingerprint density at radius 2 is 1.86 bits per heavy atom. The number of ether oxygens (including phenoxy) is 1. The molecule has 0 bridgehead atoms. The van der Waals surface area contributed by atoms with Gasteiger partial charge in [-0.25, -0.2) is 4.79 Å². The van der Waals surface area contributed by atoms with Gasteiger partial charge in [0.15, 0.2) is 0 Å². The fraction of sp³-hybridized carbons (Fsp3) is 0.167. The third kappa shape index (κ3) is 3.11. The van der Waals surface area contributed by atoms with Gasteiger partial charge in [0.25, 0.3) is 0 Å². The Morgan fingerprint density at radius 1 is 1.23 bits per heavy atom. The predicted molar refractivity (Wildman–Crippen MR) is 85.4 cm³/mol. The van der Waals surface area contributed by atoms with Gasteiger partial charge in [0.05, 0.1) is 19.3 Å². The number of aliphatic hydroxyl groups is 1. The number of rotatable bonds is 5. The van der Waals surface area contributed by atoms with Gasteiger partial charge in [-0.15, -0.1) is 6.42 Å². The van der Waals surface area contributed by atoms with Crippen molar-refractivity contribution in [2.24, 2.45) is 0 Å². The second kappa shape index (κ2) is 6.79. The Balaban J connectivity index is 2.29. The Morgan fingerprint density at radius 3 is 2.36 bits per heavy atom. The fourth-order valence-corrected chi connectivity index (χ4v) is 2.14. The van der Waals surface area contributed by atoms with Crippen LogP contribution in [0.1, 0.15) is 15.9 Å².